The van der Waals surface area contributed by atoms with Crippen molar-refractivity contribution in [1.29, 1.82) is 5.26 Å². The van der Waals surface area contributed by atoms with Gasteiger partial charge in [-0.1, -0.05) is 13.3 Å². The lowest BCUT2D eigenvalue weighted by atomic mass is 9.98. The van der Waals surface area contributed by atoms with Crippen LogP contribution >= 0.6 is 11.3 Å². The lowest BCUT2D eigenvalue weighted by molar-refractivity contribution is 0.0817. The molecule has 2 rings (SSSR count). The normalized spacial score (nSPS) is 17.4. The van der Waals surface area contributed by atoms with Crippen molar-refractivity contribution in [2.45, 2.75) is 45.7 Å². The number of anilines is 1. The smallest absolute Gasteiger partial charge is 0.410 e. The van der Waals surface area contributed by atoms with E-state index in [0.29, 0.717) is 30.1 Å². The first-order valence-corrected chi connectivity index (χ1v) is 7.63. The predicted molar refractivity (Wildman–Crippen MR) is 78.4 cm³/mol. The van der Waals surface area contributed by atoms with Crippen molar-refractivity contribution >= 4 is 22.4 Å². The number of ether oxygens (including phenoxy) is 1. The van der Waals surface area contributed by atoms with Crippen molar-refractivity contribution in [1.82, 2.24) is 4.90 Å². The number of thiophene rings is 1. The summed E-state index contributed by atoms with van der Waals surface area (Å²) in [4.78, 5) is 14.8. The van der Waals surface area contributed by atoms with E-state index in [-0.39, 0.29) is 12.1 Å². The van der Waals surface area contributed by atoms with Gasteiger partial charge in [-0.15, -0.1) is 11.3 Å². The maximum absolute atomic E-state index is 12.1. The van der Waals surface area contributed by atoms with Crippen LogP contribution in [0.5, 0.6) is 0 Å². The molecule has 108 valence electrons. The fourth-order valence-electron chi connectivity index (χ4n) is 2.35. The molecule has 0 saturated carbocycles. The summed E-state index contributed by atoms with van der Waals surface area (Å²) in [5.74, 6) is 0. The molecule has 0 fully saturated rings. The number of hydrogen-bond acceptors (Lipinski definition) is 5. The van der Waals surface area contributed by atoms with E-state index >= 15 is 0 Å². The molecule has 1 aromatic heterocycles. The molecule has 5 nitrogen and oxygen atoms in total. The van der Waals surface area contributed by atoms with E-state index in [4.69, 9.17) is 15.7 Å². The Morgan fingerprint density at radius 3 is 3.05 bits per heavy atom. The van der Waals surface area contributed by atoms with Crippen LogP contribution in [0.1, 0.15) is 42.7 Å². The van der Waals surface area contributed by atoms with Gasteiger partial charge < -0.3 is 15.4 Å². The number of carbonyl (C=O) groups is 1. The van der Waals surface area contributed by atoms with Crippen LogP contribution in [0, 0.1) is 11.3 Å². The molecule has 2 heterocycles. The molecule has 1 aliphatic rings. The second kappa shape index (κ2) is 6.14. The molecule has 0 spiro atoms. The molecule has 0 aromatic carbocycles. The number of fused-ring (bicyclic) bond motifs is 1. The molecule has 6 heteroatoms. The first-order chi connectivity index (χ1) is 9.58. The summed E-state index contributed by atoms with van der Waals surface area (Å²) >= 11 is 1.40. The number of nitrogens with two attached hydrogens (primary N) is 1. The highest BCUT2D eigenvalue weighted by Gasteiger charge is 2.31. The Hall–Kier alpha value is -1.74. The zero-order valence-electron chi connectivity index (χ0n) is 11.8. The van der Waals surface area contributed by atoms with Crippen LogP contribution in [0.15, 0.2) is 0 Å². The zero-order chi connectivity index (χ0) is 14.7. The SMILES string of the molecule is CCCCOC(=O)N1Cc2sc(N)c(C#N)c2CC1C. The van der Waals surface area contributed by atoms with Gasteiger partial charge in [-0.05, 0) is 25.3 Å². The first kappa shape index (κ1) is 14.7. The molecule has 1 atom stereocenters. The molecule has 20 heavy (non-hydrogen) atoms. The van der Waals surface area contributed by atoms with Crippen molar-refractivity contribution in [2.24, 2.45) is 0 Å². The summed E-state index contributed by atoms with van der Waals surface area (Å²) in [6, 6.07) is 2.19. The van der Waals surface area contributed by atoms with E-state index in [2.05, 4.69) is 13.0 Å². The summed E-state index contributed by atoms with van der Waals surface area (Å²) in [7, 11) is 0. The Bertz CT molecular complexity index is 547. The number of unbranched alkanes of at least 4 members (excludes halogenated alkanes) is 1. The summed E-state index contributed by atoms with van der Waals surface area (Å²) in [6.45, 7) is 4.97. The third-order valence-electron chi connectivity index (χ3n) is 3.53. The van der Waals surface area contributed by atoms with Gasteiger partial charge >= 0.3 is 6.09 Å². The second-order valence-electron chi connectivity index (χ2n) is 5.00. The van der Waals surface area contributed by atoms with E-state index in [1.54, 1.807) is 4.90 Å². The van der Waals surface area contributed by atoms with E-state index in [1.165, 1.54) is 11.3 Å². The molecule has 2 N–H and O–H groups in total. The topological polar surface area (TPSA) is 79.3 Å². The largest absolute Gasteiger partial charge is 0.449 e. The van der Waals surface area contributed by atoms with Gasteiger partial charge in [0.2, 0.25) is 0 Å². The van der Waals surface area contributed by atoms with Gasteiger partial charge in [0, 0.05) is 10.9 Å². The number of amides is 1. The van der Waals surface area contributed by atoms with E-state index in [9.17, 15) is 4.79 Å². The molecule has 1 unspecified atom stereocenters. The summed E-state index contributed by atoms with van der Waals surface area (Å²) in [5.41, 5.74) is 7.44. The van der Waals surface area contributed by atoms with Gasteiger partial charge in [0.25, 0.3) is 0 Å². The van der Waals surface area contributed by atoms with Crippen LogP contribution in [-0.4, -0.2) is 23.6 Å². The average molecular weight is 293 g/mol. The maximum Gasteiger partial charge on any atom is 0.410 e. The number of carbonyl (C=O) groups excluding carboxylic acids is 1. The molecule has 0 aliphatic carbocycles. The van der Waals surface area contributed by atoms with Crippen LogP contribution in [0.3, 0.4) is 0 Å². The van der Waals surface area contributed by atoms with Gasteiger partial charge in [-0.3, -0.25) is 0 Å². The summed E-state index contributed by atoms with van der Waals surface area (Å²) in [6.07, 6.45) is 2.26. The minimum atomic E-state index is -0.276. The average Bonchev–Trinajstić information content (AvgIpc) is 2.72. The Labute approximate surface area is 122 Å². The highest BCUT2D eigenvalue weighted by molar-refractivity contribution is 7.16. The monoisotopic (exact) mass is 293 g/mol. The lowest BCUT2D eigenvalue weighted by Gasteiger charge is -2.32. The minimum absolute atomic E-state index is 0.0257. The highest BCUT2D eigenvalue weighted by atomic mass is 32.1. The molecule has 0 bridgehead atoms. The zero-order valence-corrected chi connectivity index (χ0v) is 12.6. The van der Waals surface area contributed by atoms with E-state index < -0.39 is 0 Å². The number of nitriles is 1. The fourth-order valence-corrected chi connectivity index (χ4v) is 3.40. The molecule has 1 aromatic rings. The first-order valence-electron chi connectivity index (χ1n) is 6.82. The number of nitrogens with zero attached hydrogens (tertiary/aromatic N) is 2. The van der Waals surface area contributed by atoms with E-state index in [1.807, 2.05) is 6.92 Å². The number of hydrogen-bond donors (Lipinski definition) is 1. The van der Waals surface area contributed by atoms with Crippen molar-refractivity contribution in [3.05, 3.63) is 16.0 Å². The Kier molecular flexibility index (Phi) is 4.50. The Morgan fingerprint density at radius 1 is 1.65 bits per heavy atom. The quantitative estimate of drug-likeness (QED) is 0.869. The standard InChI is InChI=1S/C14H19N3O2S/c1-3-4-5-19-14(18)17-8-12-10(6-9(17)2)11(7-15)13(16)20-12/h9H,3-6,8,16H2,1-2H3. The van der Waals surface area contributed by atoms with Crippen LogP contribution < -0.4 is 5.73 Å². The third kappa shape index (κ3) is 2.73. The van der Waals surface area contributed by atoms with E-state index in [0.717, 1.165) is 23.3 Å². The second-order valence-corrected chi connectivity index (χ2v) is 6.14. The van der Waals surface area contributed by atoms with Crippen molar-refractivity contribution in [2.75, 3.05) is 12.3 Å². The van der Waals surface area contributed by atoms with Crippen molar-refractivity contribution < 1.29 is 9.53 Å². The Balaban J connectivity index is 2.12. The molecule has 0 radical (unpaired) electrons. The van der Waals surface area contributed by atoms with Crippen molar-refractivity contribution in [3.63, 3.8) is 0 Å². The molecular weight excluding hydrogens is 274 g/mol. The molecule has 1 amide bonds. The van der Waals surface area contributed by atoms with Gasteiger partial charge in [-0.25, -0.2) is 4.79 Å². The van der Waals surface area contributed by atoms with Crippen LogP contribution in [0.25, 0.3) is 0 Å². The molecule has 0 saturated heterocycles. The van der Waals surface area contributed by atoms with Crippen LogP contribution in [-0.2, 0) is 17.7 Å². The van der Waals surface area contributed by atoms with Crippen molar-refractivity contribution in [3.8, 4) is 6.07 Å². The minimum Gasteiger partial charge on any atom is -0.449 e. The third-order valence-corrected chi connectivity index (χ3v) is 4.58. The fraction of sp³-hybridized carbons (Fsp3) is 0.571. The maximum atomic E-state index is 12.1. The van der Waals surface area contributed by atoms with Gasteiger partial charge in [-0.2, -0.15) is 5.26 Å². The lowest BCUT2D eigenvalue weighted by Crippen LogP contribution is -2.42. The Morgan fingerprint density at radius 2 is 2.40 bits per heavy atom. The van der Waals surface area contributed by atoms with Crippen LogP contribution in [0.4, 0.5) is 9.80 Å². The van der Waals surface area contributed by atoms with Crippen LogP contribution in [0.2, 0.25) is 0 Å². The molecule has 1 aliphatic heterocycles. The highest BCUT2D eigenvalue weighted by Crippen LogP contribution is 2.36. The van der Waals surface area contributed by atoms with Gasteiger partial charge in [0.1, 0.15) is 11.1 Å². The van der Waals surface area contributed by atoms with Gasteiger partial charge in [0.15, 0.2) is 0 Å². The summed E-state index contributed by atoms with van der Waals surface area (Å²) in [5, 5.41) is 9.69. The molecular formula is C14H19N3O2S. The predicted octanol–water partition coefficient (Wildman–Crippen LogP) is 2.89. The number of nitrogen functional groups attached to an aromatic ring is 1. The van der Waals surface area contributed by atoms with Gasteiger partial charge in [0.05, 0.1) is 18.7 Å². The number of rotatable bonds is 3. The summed E-state index contributed by atoms with van der Waals surface area (Å²) < 4.78 is 5.27.